The summed E-state index contributed by atoms with van der Waals surface area (Å²) in [6, 6.07) is 18.0. The van der Waals surface area contributed by atoms with Crippen molar-refractivity contribution >= 4 is 50.6 Å². The molecule has 100 valence electrons. The van der Waals surface area contributed by atoms with Crippen LogP contribution in [-0.2, 0) is 0 Å². The summed E-state index contributed by atoms with van der Waals surface area (Å²) in [6.07, 6.45) is 0. The standard InChI is InChI=1S/C19H9BOS/c20-10-5-6-12-15(9-10)18(21)14-8-7-13-11-3-1-2-4-16(11)22-19(13)17(12)14/h1-9H. The first kappa shape index (κ1) is 12.2. The number of carbonyl (C=O) groups excluding carboxylic acids is 1. The summed E-state index contributed by atoms with van der Waals surface area (Å²) in [7, 11) is 5.85. The number of hydrogen-bond acceptors (Lipinski definition) is 2. The molecule has 3 aromatic carbocycles. The lowest BCUT2D eigenvalue weighted by molar-refractivity contribution is 0.104. The molecule has 1 aromatic heterocycles. The molecule has 0 amide bonds. The maximum Gasteiger partial charge on any atom is 0.194 e. The summed E-state index contributed by atoms with van der Waals surface area (Å²) in [5.74, 6) is 0.0802. The SMILES string of the molecule is [B]c1ccc2c(c1)C(=O)c1ccc3c(sc4ccccc43)c1-2. The van der Waals surface area contributed by atoms with E-state index in [9.17, 15) is 4.79 Å². The van der Waals surface area contributed by atoms with Crippen molar-refractivity contribution in [3.63, 3.8) is 0 Å². The second kappa shape index (κ2) is 4.08. The molecule has 0 atom stereocenters. The molecule has 0 saturated carbocycles. The lowest BCUT2D eigenvalue weighted by Gasteiger charge is -2.02. The van der Waals surface area contributed by atoms with Crippen LogP contribution in [-0.4, -0.2) is 13.6 Å². The second-order valence-corrected chi connectivity index (χ2v) is 6.65. The van der Waals surface area contributed by atoms with Gasteiger partial charge in [-0.25, -0.2) is 0 Å². The number of fused-ring (bicyclic) bond motifs is 7. The first-order valence-corrected chi connectivity index (χ1v) is 7.94. The van der Waals surface area contributed by atoms with Crippen molar-refractivity contribution in [3.8, 4) is 11.1 Å². The fraction of sp³-hybridized carbons (Fsp3) is 0. The van der Waals surface area contributed by atoms with Gasteiger partial charge in [0.1, 0.15) is 7.85 Å². The lowest BCUT2D eigenvalue weighted by atomic mass is 9.92. The molecular weight excluding hydrogens is 287 g/mol. The quantitative estimate of drug-likeness (QED) is 0.394. The highest BCUT2D eigenvalue weighted by Crippen LogP contribution is 2.46. The molecule has 0 fully saturated rings. The lowest BCUT2D eigenvalue weighted by Crippen LogP contribution is -2.05. The third kappa shape index (κ3) is 1.42. The summed E-state index contributed by atoms with van der Waals surface area (Å²) >= 11 is 1.75. The number of benzene rings is 3. The fourth-order valence-electron chi connectivity index (χ4n) is 3.36. The first-order chi connectivity index (χ1) is 10.7. The van der Waals surface area contributed by atoms with Gasteiger partial charge in [-0.2, -0.15) is 0 Å². The monoisotopic (exact) mass is 296 g/mol. The summed E-state index contributed by atoms with van der Waals surface area (Å²) in [5.41, 5.74) is 4.22. The predicted molar refractivity (Wildman–Crippen MR) is 93.6 cm³/mol. The smallest absolute Gasteiger partial charge is 0.194 e. The van der Waals surface area contributed by atoms with Gasteiger partial charge in [0.2, 0.25) is 0 Å². The highest BCUT2D eigenvalue weighted by molar-refractivity contribution is 7.26. The number of hydrogen-bond donors (Lipinski definition) is 0. The Morgan fingerprint density at radius 2 is 1.64 bits per heavy atom. The van der Waals surface area contributed by atoms with Crippen LogP contribution in [0.25, 0.3) is 31.3 Å². The van der Waals surface area contributed by atoms with Crippen molar-refractivity contribution in [1.29, 1.82) is 0 Å². The summed E-state index contributed by atoms with van der Waals surface area (Å²) in [6.45, 7) is 0. The maximum absolute atomic E-state index is 12.6. The van der Waals surface area contributed by atoms with Gasteiger partial charge < -0.3 is 0 Å². The van der Waals surface area contributed by atoms with Crippen molar-refractivity contribution in [3.05, 3.63) is 65.7 Å². The third-order valence-electron chi connectivity index (χ3n) is 4.35. The Morgan fingerprint density at radius 3 is 2.55 bits per heavy atom. The molecule has 0 N–H and O–H groups in total. The van der Waals surface area contributed by atoms with E-state index in [1.807, 2.05) is 18.2 Å². The van der Waals surface area contributed by atoms with Crippen LogP contribution in [0.2, 0.25) is 0 Å². The van der Waals surface area contributed by atoms with E-state index in [1.54, 1.807) is 17.4 Å². The van der Waals surface area contributed by atoms with E-state index in [0.717, 1.165) is 22.3 Å². The molecule has 1 heterocycles. The molecule has 0 aliphatic heterocycles. The number of carbonyl (C=O) groups is 1. The van der Waals surface area contributed by atoms with E-state index in [1.165, 1.54) is 20.2 Å². The molecule has 1 nitrogen and oxygen atoms in total. The minimum absolute atomic E-state index is 0.0802. The zero-order valence-electron chi connectivity index (χ0n) is 11.6. The molecule has 0 unspecified atom stereocenters. The van der Waals surface area contributed by atoms with Crippen molar-refractivity contribution in [2.75, 3.05) is 0 Å². The van der Waals surface area contributed by atoms with Gasteiger partial charge in [-0.15, -0.1) is 11.3 Å². The van der Waals surface area contributed by atoms with Crippen LogP contribution in [0.3, 0.4) is 0 Å². The van der Waals surface area contributed by atoms with Gasteiger partial charge in [0, 0.05) is 36.9 Å². The van der Waals surface area contributed by atoms with E-state index in [0.29, 0.717) is 5.46 Å². The molecular formula is C19H9BOS. The molecule has 22 heavy (non-hydrogen) atoms. The normalized spacial score (nSPS) is 12.8. The second-order valence-electron chi connectivity index (χ2n) is 5.60. The van der Waals surface area contributed by atoms with Gasteiger partial charge in [-0.05, 0) is 17.7 Å². The average molecular weight is 296 g/mol. The Balaban J connectivity index is 1.99. The Hall–Kier alpha value is -2.39. The minimum atomic E-state index is 0.0802. The zero-order chi connectivity index (χ0) is 14.8. The zero-order valence-corrected chi connectivity index (χ0v) is 12.4. The molecule has 4 aromatic rings. The molecule has 1 aliphatic carbocycles. The molecule has 2 radical (unpaired) electrons. The van der Waals surface area contributed by atoms with Crippen LogP contribution < -0.4 is 5.46 Å². The highest BCUT2D eigenvalue weighted by atomic mass is 32.1. The van der Waals surface area contributed by atoms with Gasteiger partial charge in [0.15, 0.2) is 5.78 Å². The van der Waals surface area contributed by atoms with Crippen molar-refractivity contribution in [1.82, 2.24) is 0 Å². The molecule has 5 rings (SSSR count). The largest absolute Gasteiger partial charge is 0.289 e. The van der Waals surface area contributed by atoms with Crippen LogP contribution >= 0.6 is 11.3 Å². The van der Waals surface area contributed by atoms with Crippen molar-refractivity contribution < 1.29 is 4.79 Å². The molecule has 0 saturated heterocycles. The van der Waals surface area contributed by atoms with Gasteiger partial charge in [-0.1, -0.05) is 47.9 Å². The molecule has 1 aliphatic rings. The van der Waals surface area contributed by atoms with E-state index in [-0.39, 0.29) is 5.78 Å². The predicted octanol–water partition coefficient (Wildman–Crippen LogP) is 4.06. The number of rotatable bonds is 0. The Bertz CT molecular complexity index is 1110. The van der Waals surface area contributed by atoms with E-state index < -0.39 is 0 Å². The average Bonchev–Trinajstić information content (AvgIpc) is 3.04. The molecule has 3 heteroatoms. The minimum Gasteiger partial charge on any atom is -0.289 e. The van der Waals surface area contributed by atoms with Crippen molar-refractivity contribution in [2.45, 2.75) is 0 Å². The molecule has 0 spiro atoms. The summed E-state index contributed by atoms with van der Waals surface area (Å²) in [4.78, 5) is 12.6. The highest BCUT2D eigenvalue weighted by Gasteiger charge is 2.29. The van der Waals surface area contributed by atoms with Gasteiger partial charge in [0.05, 0.1) is 0 Å². The number of thiophene rings is 1. The van der Waals surface area contributed by atoms with Gasteiger partial charge in [-0.3, -0.25) is 4.79 Å². The van der Waals surface area contributed by atoms with Gasteiger partial charge in [0.25, 0.3) is 0 Å². The van der Waals surface area contributed by atoms with Crippen LogP contribution in [0.15, 0.2) is 54.6 Å². The Labute approximate surface area is 132 Å². The third-order valence-corrected chi connectivity index (χ3v) is 5.55. The Kier molecular flexibility index (Phi) is 2.26. The fourth-order valence-corrected chi connectivity index (χ4v) is 4.62. The van der Waals surface area contributed by atoms with E-state index in [2.05, 4.69) is 30.3 Å². The number of ketones is 1. The van der Waals surface area contributed by atoms with Crippen molar-refractivity contribution in [2.24, 2.45) is 0 Å². The first-order valence-electron chi connectivity index (χ1n) is 7.13. The van der Waals surface area contributed by atoms with E-state index >= 15 is 0 Å². The topological polar surface area (TPSA) is 17.1 Å². The van der Waals surface area contributed by atoms with Crippen LogP contribution in [0.1, 0.15) is 15.9 Å². The van der Waals surface area contributed by atoms with Gasteiger partial charge >= 0.3 is 0 Å². The van der Waals surface area contributed by atoms with Crippen LogP contribution in [0.5, 0.6) is 0 Å². The van der Waals surface area contributed by atoms with Crippen LogP contribution in [0, 0.1) is 0 Å². The van der Waals surface area contributed by atoms with E-state index in [4.69, 9.17) is 7.85 Å². The Morgan fingerprint density at radius 1 is 0.818 bits per heavy atom. The summed E-state index contributed by atoms with van der Waals surface area (Å²) < 4.78 is 2.44. The summed E-state index contributed by atoms with van der Waals surface area (Å²) in [5, 5.41) is 2.47. The van der Waals surface area contributed by atoms with Crippen LogP contribution in [0.4, 0.5) is 0 Å². The molecule has 0 bridgehead atoms. The maximum atomic E-state index is 12.6.